The summed E-state index contributed by atoms with van der Waals surface area (Å²) < 4.78 is 2.10. The van der Waals surface area contributed by atoms with Crippen LogP contribution in [0.25, 0.3) is 0 Å². The maximum atomic E-state index is 5.65. The fraction of sp³-hybridized carbons (Fsp3) is 0.364. The van der Waals surface area contributed by atoms with Gasteiger partial charge < -0.3 is 15.2 Å². The first-order valence-electron chi connectivity index (χ1n) is 5.11. The van der Waals surface area contributed by atoms with E-state index in [1.165, 1.54) is 0 Å². The van der Waals surface area contributed by atoms with Crippen molar-refractivity contribution >= 4 is 41.5 Å². The summed E-state index contributed by atoms with van der Waals surface area (Å²) in [5.41, 5.74) is 0. The van der Waals surface area contributed by atoms with Crippen molar-refractivity contribution in [3.05, 3.63) is 36.1 Å². The highest BCUT2D eigenvalue weighted by atomic mass is 127. The van der Waals surface area contributed by atoms with E-state index < -0.39 is 0 Å². The van der Waals surface area contributed by atoms with Crippen molar-refractivity contribution in [1.82, 2.24) is 15.2 Å². The topological polar surface area (TPSA) is 41.4 Å². The van der Waals surface area contributed by atoms with Gasteiger partial charge in [-0.15, -0.1) is 24.0 Å². The van der Waals surface area contributed by atoms with E-state index in [0.717, 1.165) is 19.0 Å². The van der Waals surface area contributed by atoms with Crippen molar-refractivity contribution in [2.24, 2.45) is 4.99 Å². The van der Waals surface area contributed by atoms with Gasteiger partial charge in [-0.1, -0.05) is 18.2 Å². The third kappa shape index (κ3) is 7.27. The van der Waals surface area contributed by atoms with Gasteiger partial charge in [0.2, 0.25) is 0 Å². The van der Waals surface area contributed by atoms with Crippen LogP contribution in [0.2, 0.25) is 0 Å². The summed E-state index contributed by atoms with van der Waals surface area (Å²) in [4.78, 5) is 4.06. The number of hydrogen-bond acceptors (Lipinski definition) is 1. The van der Waals surface area contributed by atoms with E-state index in [0.29, 0.717) is 11.6 Å². The lowest BCUT2D eigenvalue weighted by atomic mass is 10.5. The van der Waals surface area contributed by atoms with Crippen LogP contribution in [-0.4, -0.2) is 30.7 Å². The van der Waals surface area contributed by atoms with E-state index in [-0.39, 0.29) is 24.0 Å². The molecule has 0 unspecified atom stereocenters. The Kier molecular flexibility index (Phi) is 8.97. The standard InChI is InChI=1S/C11H17ClN4.HI/c1-10(12)9-15-11(13-2)14-5-8-16-6-3-4-7-16;/h3-4,6-7H,1,5,8-9H2,2H3,(H2,13,14,15);1H. The lowest BCUT2D eigenvalue weighted by Gasteiger charge is -2.11. The summed E-state index contributed by atoms with van der Waals surface area (Å²) in [7, 11) is 1.72. The van der Waals surface area contributed by atoms with E-state index in [1.54, 1.807) is 7.05 Å². The Morgan fingerprint density at radius 2 is 2.00 bits per heavy atom. The molecule has 96 valence electrons. The van der Waals surface area contributed by atoms with E-state index in [4.69, 9.17) is 11.6 Å². The molecule has 0 saturated heterocycles. The highest BCUT2D eigenvalue weighted by molar-refractivity contribution is 14.0. The van der Waals surface area contributed by atoms with Gasteiger partial charge in [0.1, 0.15) is 0 Å². The van der Waals surface area contributed by atoms with E-state index in [2.05, 4.69) is 26.8 Å². The average molecular weight is 369 g/mol. The molecule has 2 N–H and O–H groups in total. The molecule has 0 saturated carbocycles. The Balaban J connectivity index is 0.00000256. The highest BCUT2D eigenvalue weighted by Gasteiger charge is 1.96. The van der Waals surface area contributed by atoms with Crippen LogP contribution in [0.15, 0.2) is 41.1 Å². The van der Waals surface area contributed by atoms with Gasteiger partial charge in [0.15, 0.2) is 5.96 Å². The van der Waals surface area contributed by atoms with Crippen molar-refractivity contribution in [2.75, 3.05) is 20.1 Å². The second-order valence-electron chi connectivity index (χ2n) is 3.29. The summed E-state index contributed by atoms with van der Waals surface area (Å²) >= 11 is 5.65. The molecule has 0 atom stereocenters. The zero-order valence-corrected chi connectivity index (χ0v) is 12.9. The van der Waals surface area contributed by atoms with Crippen LogP contribution < -0.4 is 10.6 Å². The van der Waals surface area contributed by atoms with Gasteiger partial charge in [-0.25, -0.2) is 0 Å². The van der Waals surface area contributed by atoms with Crippen LogP contribution >= 0.6 is 35.6 Å². The van der Waals surface area contributed by atoms with E-state index >= 15 is 0 Å². The van der Waals surface area contributed by atoms with Gasteiger partial charge in [-0.3, -0.25) is 4.99 Å². The minimum Gasteiger partial charge on any atom is -0.355 e. The van der Waals surface area contributed by atoms with Crippen molar-refractivity contribution in [3.8, 4) is 0 Å². The van der Waals surface area contributed by atoms with Crippen LogP contribution in [0, 0.1) is 0 Å². The smallest absolute Gasteiger partial charge is 0.191 e. The van der Waals surface area contributed by atoms with Crippen LogP contribution in [0.4, 0.5) is 0 Å². The fourth-order valence-corrected chi connectivity index (χ4v) is 1.29. The minimum atomic E-state index is 0. The number of halogens is 2. The number of nitrogens with one attached hydrogen (secondary N) is 2. The predicted octanol–water partition coefficient (Wildman–Crippen LogP) is 2.02. The summed E-state index contributed by atoms with van der Waals surface area (Å²) in [5.74, 6) is 0.731. The van der Waals surface area contributed by atoms with E-state index in [1.807, 2.05) is 24.5 Å². The number of guanidine groups is 1. The van der Waals surface area contributed by atoms with Gasteiger partial charge in [-0.2, -0.15) is 0 Å². The van der Waals surface area contributed by atoms with Gasteiger partial charge in [0.25, 0.3) is 0 Å². The van der Waals surface area contributed by atoms with Crippen LogP contribution in [0.1, 0.15) is 0 Å². The SMILES string of the molecule is C=C(Cl)CNC(=NC)NCCn1cccc1.I. The molecule has 0 bridgehead atoms. The first kappa shape index (κ1) is 16.3. The van der Waals surface area contributed by atoms with Crippen molar-refractivity contribution in [1.29, 1.82) is 0 Å². The molecule has 1 heterocycles. The molecule has 1 aromatic heterocycles. The van der Waals surface area contributed by atoms with E-state index in [9.17, 15) is 0 Å². The normalized spacial score (nSPS) is 10.6. The predicted molar refractivity (Wildman–Crippen MR) is 84.2 cm³/mol. The molecule has 17 heavy (non-hydrogen) atoms. The lowest BCUT2D eigenvalue weighted by Crippen LogP contribution is -2.39. The fourth-order valence-electron chi connectivity index (χ4n) is 1.22. The lowest BCUT2D eigenvalue weighted by molar-refractivity contribution is 0.668. The minimum absolute atomic E-state index is 0. The monoisotopic (exact) mass is 368 g/mol. The molecule has 0 amide bonds. The van der Waals surface area contributed by atoms with Gasteiger partial charge in [-0.05, 0) is 12.1 Å². The molecular weight excluding hydrogens is 351 g/mol. The number of hydrogen-bond donors (Lipinski definition) is 2. The highest BCUT2D eigenvalue weighted by Crippen LogP contribution is 1.92. The molecule has 1 aromatic rings. The Hall–Kier alpha value is -0.690. The molecule has 0 aliphatic carbocycles. The molecule has 4 nitrogen and oxygen atoms in total. The molecule has 0 radical (unpaired) electrons. The molecule has 0 aliphatic heterocycles. The maximum absolute atomic E-state index is 5.65. The van der Waals surface area contributed by atoms with Crippen LogP contribution in [0.5, 0.6) is 0 Å². The maximum Gasteiger partial charge on any atom is 0.191 e. The molecule has 0 aliphatic rings. The summed E-state index contributed by atoms with van der Waals surface area (Å²) in [6.45, 7) is 5.82. The molecule has 6 heteroatoms. The van der Waals surface area contributed by atoms with Gasteiger partial charge >= 0.3 is 0 Å². The first-order chi connectivity index (χ1) is 7.72. The zero-order chi connectivity index (χ0) is 11.8. The molecule has 0 spiro atoms. The second kappa shape index (κ2) is 9.35. The third-order valence-electron chi connectivity index (χ3n) is 2.00. The second-order valence-corrected chi connectivity index (χ2v) is 3.83. The first-order valence-corrected chi connectivity index (χ1v) is 5.48. The number of rotatable bonds is 5. The zero-order valence-electron chi connectivity index (χ0n) is 9.82. The molecular formula is C11H18ClIN4. The Morgan fingerprint density at radius 1 is 1.35 bits per heavy atom. The largest absolute Gasteiger partial charge is 0.355 e. The molecule has 0 aromatic carbocycles. The summed E-state index contributed by atoms with van der Waals surface area (Å²) in [6.07, 6.45) is 4.05. The van der Waals surface area contributed by atoms with Gasteiger partial charge in [0.05, 0.1) is 6.54 Å². The van der Waals surface area contributed by atoms with Crippen LogP contribution in [0.3, 0.4) is 0 Å². The van der Waals surface area contributed by atoms with Gasteiger partial charge in [0, 0.05) is 37.6 Å². The third-order valence-corrected chi connectivity index (χ3v) is 2.13. The Bertz CT molecular complexity index is 348. The molecule has 1 rings (SSSR count). The average Bonchev–Trinajstić information content (AvgIpc) is 2.75. The van der Waals surface area contributed by atoms with Crippen LogP contribution in [-0.2, 0) is 6.54 Å². The van der Waals surface area contributed by atoms with Crippen molar-refractivity contribution in [3.63, 3.8) is 0 Å². The molecule has 0 fully saturated rings. The number of aromatic nitrogens is 1. The Labute approximate surface area is 124 Å². The number of nitrogens with zero attached hydrogens (tertiary/aromatic N) is 2. The van der Waals surface area contributed by atoms with Crippen molar-refractivity contribution < 1.29 is 0 Å². The quantitative estimate of drug-likeness (QED) is 0.474. The van der Waals surface area contributed by atoms with Crippen molar-refractivity contribution in [2.45, 2.75) is 6.54 Å². The summed E-state index contributed by atoms with van der Waals surface area (Å²) in [6, 6.07) is 4.01. The number of aliphatic imine (C=N–C) groups is 1. The summed E-state index contributed by atoms with van der Waals surface area (Å²) in [5, 5.41) is 6.79. The Morgan fingerprint density at radius 3 is 2.53 bits per heavy atom.